The van der Waals surface area contributed by atoms with Crippen molar-refractivity contribution in [1.29, 1.82) is 0 Å². The molecule has 0 spiro atoms. The van der Waals surface area contributed by atoms with Crippen molar-refractivity contribution in [3.63, 3.8) is 0 Å². The normalized spacial score (nSPS) is 10.4. The first-order chi connectivity index (χ1) is 9.88. The van der Waals surface area contributed by atoms with Crippen molar-refractivity contribution >= 4 is 11.9 Å². The van der Waals surface area contributed by atoms with Crippen LogP contribution in [0.1, 0.15) is 16.1 Å². The fourth-order valence-electron chi connectivity index (χ4n) is 1.84. The SMILES string of the molecule is Cc1cc(-c2cnn(CC(=O)N(C)C)c2)cnc1C(=O)O. The van der Waals surface area contributed by atoms with Crippen molar-refractivity contribution in [3.05, 3.63) is 35.9 Å². The molecule has 0 aliphatic heterocycles. The zero-order valence-electron chi connectivity index (χ0n) is 12.1. The highest BCUT2D eigenvalue weighted by molar-refractivity contribution is 5.87. The number of hydrogen-bond donors (Lipinski definition) is 1. The largest absolute Gasteiger partial charge is 0.477 e. The minimum Gasteiger partial charge on any atom is -0.477 e. The molecule has 21 heavy (non-hydrogen) atoms. The van der Waals surface area contributed by atoms with Crippen molar-refractivity contribution in [2.45, 2.75) is 13.5 Å². The van der Waals surface area contributed by atoms with E-state index in [-0.39, 0.29) is 18.1 Å². The molecule has 0 saturated heterocycles. The lowest BCUT2D eigenvalue weighted by molar-refractivity contribution is -0.129. The first-order valence-electron chi connectivity index (χ1n) is 6.31. The van der Waals surface area contributed by atoms with Crippen molar-refractivity contribution in [2.75, 3.05) is 14.1 Å². The molecule has 110 valence electrons. The molecule has 0 bridgehead atoms. The summed E-state index contributed by atoms with van der Waals surface area (Å²) in [6.07, 6.45) is 4.85. The van der Waals surface area contributed by atoms with E-state index in [2.05, 4.69) is 10.1 Å². The second-order valence-corrected chi connectivity index (χ2v) is 4.91. The molecule has 0 fully saturated rings. The molecule has 1 N–H and O–H groups in total. The Kier molecular flexibility index (Phi) is 4.02. The number of likely N-dealkylation sites (N-methyl/N-ethyl adjacent to an activating group) is 1. The standard InChI is InChI=1S/C14H16N4O3/c1-9-4-10(5-15-13(9)14(20)21)11-6-16-18(7-11)8-12(19)17(2)3/h4-7H,8H2,1-3H3,(H,20,21). The number of carbonyl (C=O) groups is 2. The number of rotatable bonds is 4. The van der Waals surface area contributed by atoms with Crippen LogP contribution < -0.4 is 0 Å². The summed E-state index contributed by atoms with van der Waals surface area (Å²) < 4.78 is 1.54. The Labute approximate surface area is 121 Å². The van der Waals surface area contributed by atoms with Crippen LogP contribution in [0.3, 0.4) is 0 Å². The van der Waals surface area contributed by atoms with Gasteiger partial charge in [0.25, 0.3) is 0 Å². The van der Waals surface area contributed by atoms with Gasteiger partial charge in [-0.25, -0.2) is 9.78 Å². The lowest BCUT2D eigenvalue weighted by Gasteiger charge is -2.09. The number of aryl methyl sites for hydroxylation is 1. The van der Waals surface area contributed by atoms with Gasteiger partial charge in [-0.2, -0.15) is 5.10 Å². The highest BCUT2D eigenvalue weighted by Crippen LogP contribution is 2.20. The van der Waals surface area contributed by atoms with Crippen LogP contribution in [0.4, 0.5) is 0 Å². The average molecular weight is 288 g/mol. The second kappa shape index (κ2) is 5.74. The fraction of sp³-hybridized carbons (Fsp3) is 0.286. The molecule has 0 aliphatic carbocycles. The summed E-state index contributed by atoms with van der Waals surface area (Å²) in [7, 11) is 3.37. The molecule has 0 aromatic carbocycles. The molecule has 7 nitrogen and oxygen atoms in total. The number of carboxylic acid groups (broad SMARTS) is 1. The lowest BCUT2D eigenvalue weighted by atomic mass is 10.1. The van der Waals surface area contributed by atoms with Gasteiger partial charge in [-0.1, -0.05) is 0 Å². The van der Waals surface area contributed by atoms with Crippen LogP contribution in [0, 0.1) is 6.92 Å². The van der Waals surface area contributed by atoms with Gasteiger partial charge in [0.1, 0.15) is 6.54 Å². The van der Waals surface area contributed by atoms with Gasteiger partial charge in [0.2, 0.25) is 5.91 Å². The molecule has 0 aliphatic rings. The van der Waals surface area contributed by atoms with Crippen LogP contribution in [0.2, 0.25) is 0 Å². The summed E-state index contributed by atoms with van der Waals surface area (Å²) in [4.78, 5) is 28.0. The first-order valence-corrected chi connectivity index (χ1v) is 6.31. The molecule has 2 aromatic rings. The quantitative estimate of drug-likeness (QED) is 0.908. The van der Waals surface area contributed by atoms with Crippen LogP contribution in [-0.4, -0.2) is 50.7 Å². The maximum atomic E-state index is 11.6. The van der Waals surface area contributed by atoms with Crippen LogP contribution in [0.25, 0.3) is 11.1 Å². The van der Waals surface area contributed by atoms with Crippen molar-refractivity contribution in [1.82, 2.24) is 19.7 Å². The van der Waals surface area contributed by atoms with Gasteiger partial charge in [0.05, 0.1) is 6.20 Å². The monoisotopic (exact) mass is 288 g/mol. The highest BCUT2D eigenvalue weighted by atomic mass is 16.4. The Morgan fingerprint density at radius 2 is 2.00 bits per heavy atom. The predicted molar refractivity (Wildman–Crippen MR) is 75.8 cm³/mol. The summed E-state index contributed by atoms with van der Waals surface area (Å²) >= 11 is 0. The molecule has 0 atom stereocenters. The molecule has 0 saturated carbocycles. The lowest BCUT2D eigenvalue weighted by Crippen LogP contribution is -2.26. The third-order valence-corrected chi connectivity index (χ3v) is 3.04. The van der Waals surface area contributed by atoms with E-state index in [1.54, 1.807) is 39.5 Å². The number of hydrogen-bond acceptors (Lipinski definition) is 4. The smallest absolute Gasteiger partial charge is 0.354 e. The molecule has 0 unspecified atom stereocenters. The number of pyridine rings is 1. The van der Waals surface area contributed by atoms with Gasteiger partial charge in [-0.3, -0.25) is 9.48 Å². The maximum Gasteiger partial charge on any atom is 0.354 e. The van der Waals surface area contributed by atoms with Crippen molar-refractivity contribution in [3.8, 4) is 11.1 Å². The van der Waals surface area contributed by atoms with Crippen LogP contribution in [0.15, 0.2) is 24.7 Å². The third-order valence-electron chi connectivity index (χ3n) is 3.04. The summed E-state index contributed by atoms with van der Waals surface area (Å²) in [5.74, 6) is -1.11. The van der Waals surface area contributed by atoms with E-state index in [0.29, 0.717) is 5.56 Å². The van der Waals surface area contributed by atoms with E-state index in [9.17, 15) is 9.59 Å². The zero-order valence-corrected chi connectivity index (χ0v) is 12.1. The number of amides is 1. The molecular weight excluding hydrogens is 272 g/mol. The summed E-state index contributed by atoms with van der Waals surface area (Å²) in [5, 5.41) is 13.1. The number of carboxylic acids is 1. The van der Waals surface area contributed by atoms with E-state index < -0.39 is 5.97 Å². The van der Waals surface area contributed by atoms with Crippen LogP contribution in [0.5, 0.6) is 0 Å². The summed E-state index contributed by atoms with van der Waals surface area (Å²) in [5.41, 5.74) is 2.17. The summed E-state index contributed by atoms with van der Waals surface area (Å²) in [6, 6.07) is 1.74. The first kappa shape index (κ1) is 14.7. The van der Waals surface area contributed by atoms with Gasteiger partial charge in [0.15, 0.2) is 5.69 Å². The van der Waals surface area contributed by atoms with Gasteiger partial charge in [0, 0.05) is 37.6 Å². The van der Waals surface area contributed by atoms with Gasteiger partial charge in [-0.05, 0) is 18.6 Å². The average Bonchev–Trinajstić information content (AvgIpc) is 2.86. The minimum atomic E-state index is -1.05. The Morgan fingerprint density at radius 3 is 2.57 bits per heavy atom. The van der Waals surface area contributed by atoms with Gasteiger partial charge in [-0.15, -0.1) is 0 Å². The second-order valence-electron chi connectivity index (χ2n) is 4.91. The third kappa shape index (κ3) is 3.25. The van der Waals surface area contributed by atoms with E-state index in [4.69, 9.17) is 5.11 Å². The fourth-order valence-corrected chi connectivity index (χ4v) is 1.84. The molecule has 1 amide bonds. The predicted octanol–water partition coefficient (Wildman–Crippen LogP) is 1.04. The topological polar surface area (TPSA) is 88.3 Å². The molecule has 2 aromatic heterocycles. The summed E-state index contributed by atoms with van der Waals surface area (Å²) in [6.45, 7) is 1.85. The van der Waals surface area contributed by atoms with Gasteiger partial charge < -0.3 is 10.0 Å². The number of aromatic nitrogens is 3. The van der Waals surface area contributed by atoms with Crippen molar-refractivity contribution in [2.24, 2.45) is 0 Å². The number of nitrogens with zero attached hydrogens (tertiary/aromatic N) is 4. The van der Waals surface area contributed by atoms with Crippen LogP contribution >= 0.6 is 0 Å². The Morgan fingerprint density at radius 1 is 1.29 bits per heavy atom. The van der Waals surface area contributed by atoms with E-state index in [1.807, 2.05) is 0 Å². The molecule has 2 heterocycles. The van der Waals surface area contributed by atoms with Crippen LogP contribution in [-0.2, 0) is 11.3 Å². The van der Waals surface area contributed by atoms with E-state index >= 15 is 0 Å². The zero-order chi connectivity index (χ0) is 15.6. The molecule has 2 rings (SSSR count). The maximum absolute atomic E-state index is 11.6. The minimum absolute atomic E-state index is 0.0360. The number of carbonyl (C=O) groups excluding carboxylic acids is 1. The Balaban J connectivity index is 2.24. The van der Waals surface area contributed by atoms with Crippen molar-refractivity contribution < 1.29 is 14.7 Å². The van der Waals surface area contributed by atoms with E-state index in [1.165, 1.54) is 15.8 Å². The number of aromatic carboxylic acids is 1. The molecule has 7 heteroatoms. The Bertz CT molecular complexity index is 691. The highest BCUT2D eigenvalue weighted by Gasteiger charge is 2.12. The molecular formula is C14H16N4O3. The molecule has 0 radical (unpaired) electrons. The van der Waals surface area contributed by atoms with Gasteiger partial charge >= 0.3 is 5.97 Å². The Hall–Kier alpha value is -2.70. The van der Waals surface area contributed by atoms with E-state index in [0.717, 1.165) is 11.1 Å².